The van der Waals surface area contributed by atoms with Crippen molar-refractivity contribution in [3.63, 3.8) is 0 Å². The Bertz CT molecular complexity index is 1890. The van der Waals surface area contributed by atoms with Gasteiger partial charge in [0.15, 0.2) is 31.3 Å². The zero-order valence-electron chi connectivity index (χ0n) is 23.7. The van der Waals surface area contributed by atoms with Crippen molar-refractivity contribution in [3.8, 4) is 5.75 Å². The Morgan fingerprint density at radius 2 is 0.978 bits per heavy atom. The summed E-state index contributed by atoms with van der Waals surface area (Å²) in [6, 6.07) is 38.2. The fraction of sp³-hybridized carbons (Fsp3) is 0. The number of aromatic hydroxyl groups is 1. The van der Waals surface area contributed by atoms with E-state index < -0.39 is 59.9 Å². The Balaban J connectivity index is 0.00000134. The molecule has 0 atom stereocenters. The molecule has 2 nitrogen and oxygen atoms in total. The quantitative estimate of drug-likeness (QED) is 0.0470. The Hall–Kier alpha value is -3.79. The molecule has 0 spiro atoms. The SMILES string of the molecule is Oc1c([Si](c2ccccc2)(c2ccccc2)c2ccccc2)cc2ccccc2c1C=Nc1c(F)c(F)c(F)c(F)c1F.[Cl][Ti][Cl]. The molecule has 6 aromatic rings. The fourth-order valence-electron chi connectivity index (χ4n) is 5.65. The number of phenolic OH excluding ortho intramolecular Hbond substituents is 1. The van der Waals surface area contributed by atoms with Crippen molar-refractivity contribution in [3.05, 3.63) is 156 Å². The number of hydrogen-bond donors (Lipinski definition) is 1. The summed E-state index contributed by atoms with van der Waals surface area (Å²) < 4.78 is 70.7. The third kappa shape index (κ3) is 6.16. The molecule has 0 saturated carbocycles. The molecule has 46 heavy (non-hydrogen) atoms. The van der Waals surface area contributed by atoms with E-state index in [4.69, 9.17) is 18.6 Å². The van der Waals surface area contributed by atoms with E-state index in [1.165, 1.54) is 0 Å². The molecule has 0 amide bonds. The van der Waals surface area contributed by atoms with Crippen LogP contribution in [0.2, 0.25) is 0 Å². The summed E-state index contributed by atoms with van der Waals surface area (Å²) in [6.45, 7) is 0. The van der Waals surface area contributed by atoms with E-state index >= 15 is 0 Å². The van der Waals surface area contributed by atoms with Crippen molar-refractivity contribution in [2.45, 2.75) is 0 Å². The number of fused-ring (bicyclic) bond motifs is 1. The monoisotopic (exact) mass is 713 g/mol. The molecule has 0 saturated heterocycles. The number of halogens is 7. The van der Waals surface area contributed by atoms with E-state index in [0.29, 0.717) is 16.0 Å². The van der Waals surface area contributed by atoms with Crippen LogP contribution in [0, 0.1) is 29.1 Å². The molecule has 0 bridgehead atoms. The van der Waals surface area contributed by atoms with E-state index in [0.717, 1.165) is 21.8 Å². The van der Waals surface area contributed by atoms with Crippen molar-refractivity contribution in [1.82, 2.24) is 0 Å². The van der Waals surface area contributed by atoms with Gasteiger partial charge in [-0.1, -0.05) is 121 Å². The zero-order chi connectivity index (χ0) is 32.8. The maximum absolute atomic E-state index is 14.6. The first-order valence-electron chi connectivity index (χ1n) is 13.7. The van der Waals surface area contributed by atoms with Gasteiger partial charge in [-0.3, -0.25) is 0 Å². The second-order valence-corrected chi connectivity index (χ2v) is 16.4. The summed E-state index contributed by atoms with van der Waals surface area (Å²) in [5.41, 5.74) is -1.26. The first-order chi connectivity index (χ1) is 22.3. The fourth-order valence-corrected chi connectivity index (χ4v) is 10.5. The minimum absolute atomic E-state index is 0.0803. The van der Waals surface area contributed by atoms with Crippen LogP contribution in [-0.2, 0) is 17.0 Å². The molecule has 0 aliphatic carbocycles. The average Bonchev–Trinajstić information content (AvgIpc) is 3.09. The Morgan fingerprint density at radius 3 is 1.43 bits per heavy atom. The summed E-state index contributed by atoms with van der Waals surface area (Å²) in [5.74, 6) is -10.8. The zero-order valence-corrected chi connectivity index (χ0v) is 27.7. The molecular formula is C35H22Cl2F5NOSiTi. The number of benzene rings is 6. The maximum atomic E-state index is 14.6. The van der Waals surface area contributed by atoms with Crippen molar-refractivity contribution >= 4 is 70.1 Å². The van der Waals surface area contributed by atoms with Gasteiger partial charge in [0, 0.05) is 11.8 Å². The molecular weight excluding hydrogens is 692 g/mol. The van der Waals surface area contributed by atoms with Crippen LogP contribution in [0.15, 0.2) is 126 Å². The van der Waals surface area contributed by atoms with Gasteiger partial charge in [-0.15, -0.1) is 0 Å². The van der Waals surface area contributed by atoms with Gasteiger partial charge in [0.25, 0.3) is 0 Å². The summed E-state index contributed by atoms with van der Waals surface area (Å²) in [7, 11) is 6.50. The van der Waals surface area contributed by atoms with Crippen LogP contribution in [0.25, 0.3) is 10.8 Å². The van der Waals surface area contributed by atoms with Gasteiger partial charge in [0.2, 0.25) is 5.82 Å². The summed E-state index contributed by atoms with van der Waals surface area (Å²) in [5, 5.41) is 16.7. The van der Waals surface area contributed by atoms with Crippen molar-refractivity contribution in [1.29, 1.82) is 0 Å². The van der Waals surface area contributed by atoms with Crippen LogP contribution in [-0.4, -0.2) is 19.4 Å². The van der Waals surface area contributed by atoms with Gasteiger partial charge < -0.3 is 5.11 Å². The molecule has 11 heteroatoms. The number of hydrogen-bond acceptors (Lipinski definition) is 2. The third-order valence-corrected chi connectivity index (χ3v) is 12.4. The molecule has 6 rings (SSSR count). The van der Waals surface area contributed by atoms with Gasteiger partial charge in [0.05, 0.1) is 0 Å². The van der Waals surface area contributed by atoms with Gasteiger partial charge in [-0.05, 0) is 31.5 Å². The van der Waals surface area contributed by atoms with Crippen LogP contribution >= 0.6 is 18.6 Å². The topological polar surface area (TPSA) is 32.6 Å². The minimum atomic E-state index is -3.28. The van der Waals surface area contributed by atoms with Gasteiger partial charge in [-0.2, -0.15) is 0 Å². The predicted octanol–water partition coefficient (Wildman–Crippen LogP) is 7.75. The van der Waals surface area contributed by atoms with E-state index in [2.05, 4.69) is 4.99 Å². The molecule has 0 aliphatic rings. The molecule has 0 fully saturated rings. The van der Waals surface area contributed by atoms with E-state index in [1.807, 2.05) is 109 Å². The molecule has 1 N–H and O–H groups in total. The van der Waals surface area contributed by atoms with Crippen molar-refractivity contribution in [2.75, 3.05) is 0 Å². The van der Waals surface area contributed by atoms with E-state index in [9.17, 15) is 27.1 Å². The normalized spacial score (nSPS) is 11.4. The molecule has 0 radical (unpaired) electrons. The van der Waals surface area contributed by atoms with Gasteiger partial charge >= 0.3 is 35.6 Å². The van der Waals surface area contributed by atoms with Crippen LogP contribution in [0.3, 0.4) is 0 Å². The Morgan fingerprint density at radius 1 is 0.587 bits per heavy atom. The average molecular weight is 714 g/mol. The summed E-state index contributed by atoms with van der Waals surface area (Å²) in [6.07, 6.45) is 0.958. The van der Waals surface area contributed by atoms with Crippen LogP contribution in [0.4, 0.5) is 27.6 Å². The third-order valence-electron chi connectivity index (χ3n) is 7.59. The summed E-state index contributed by atoms with van der Waals surface area (Å²) >= 11 is -0.556. The Kier molecular flexibility index (Phi) is 10.8. The number of aliphatic imine (C=N–C) groups is 1. The van der Waals surface area contributed by atoms with Gasteiger partial charge in [-0.25, -0.2) is 26.9 Å². The van der Waals surface area contributed by atoms with E-state index in [-0.39, 0.29) is 11.3 Å². The van der Waals surface area contributed by atoms with Gasteiger partial charge in [0.1, 0.15) is 11.4 Å². The van der Waals surface area contributed by atoms with Crippen LogP contribution in [0.1, 0.15) is 5.56 Å². The molecule has 230 valence electrons. The predicted molar refractivity (Wildman–Crippen MR) is 174 cm³/mol. The second-order valence-electron chi connectivity index (χ2n) is 10.0. The molecule has 0 heterocycles. The molecule has 0 unspecified atom stereocenters. The Labute approximate surface area is 279 Å². The molecule has 0 aliphatic heterocycles. The number of nitrogens with zero attached hydrogens (tertiary/aromatic N) is 1. The number of rotatable bonds is 6. The standard InChI is InChI=1S/C35H22F5NOSi.2ClH.Ti/c36-29-30(37)32(39)34(33(40)31(29)38)41-21-27-26-19-11-10-12-22(26)20-28(35(27)42)43(23-13-4-1-5-14-23,24-15-6-2-7-16-24)25-17-8-3-9-18-25;;;/h1-21,42H;2*1H;/q;;;+2/p-2. The van der Waals surface area contributed by atoms with Crippen LogP contribution < -0.4 is 20.7 Å². The first kappa shape index (κ1) is 33.6. The van der Waals surface area contributed by atoms with Crippen LogP contribution in [0.5, 0.6) is 5.75 Å². The molecule has 0 aromatic heterocycles. The van der Waals surface area contributed by atoms with Crippen molar-refractivity contribution < 1.29 is 44.1 Å². The number of phenols is 1. The van der Waals surface area contributed by atoms with E-state index in [1.54, 1.807) is 12.1 Å². The first-order valence-corrected chi connectivity index (χ1v) is 20.0. The second kappa shape index (κ2) is 14.8. The van der Waals surface area contributed by atoms with Crippen molar-refractivity contribution in [2.24, 2.45) is 4.99 Å². The molecule has 6 aromatic carbocycles. The summed E-state index contributed by atoms with van der Waals surface area (Å²) in [4.78, 5) is 3.72.